The third-order valence-corrected chi connectivity index (χ3v) is 4.27. The van der Waals surface area contributed by atoms with Crippen LogP contribution in [0.25, 0.3) is 11.0 Å². The van der Waals surface area contributed by atoms with Crippen molar-refractivity contribution in [3.05, 3.63) is 40.2 Å². The number of nitrogens with zero attached hydrogens (tertiary/aromatic N) is 1. The van der Waals surface area contributed by atoms with Crippen LogP contribution in [0, 0.1) is 6.92 Å². The molecule has 7 heteroatoms. The third kappa shape index (κ3) is 3.30. The van der Waals surface area contributed by atoms with E-state index in [1.807, 2.05) is 6.92 Å². The van der Waals surface area contributed by atoms with Crippen LogP contribution >= 0.6 is 0 Å². The van der Waals surface area contributed by atoms with Gasteiger partial charge < -0.3 is 15.5 Å². The first-order valence-electron chi connectivity index (χ1n) is 7.82. The number of aryl methyl sites for hydroxylation is 1. The van der Waals surface area contributed by atoms with Gasteiger partial charge in [0.25, 0.3) is 0 Å². The number of hydrogen-bond acceptors (Lipinski definition) is 5. The second kappa shape index (κ2) is 6.45. The van der Waals surface area contributed by atoms with Crippen molar-refractivity contribution in [1.82, 2.24) is 4.90 Å². The van der Waals surface area contributed by atoms with E-state index in [1.165, 1.54) is 6.07 Å². The topological polar surface area (TPSA) is 106 Å². The summed E-state index contributed by atoms with van der Waals surface area (Å²) in [5, 5.41) is 3.58. The fourth-order valence-electron chi connectivity index (χ4n) is 3.13. The molecular formula is C17H19N3O4. The summed E-state index contributed by atoms with van der Waals surface area (Å²) in [6, 6.07) is 6.22. The number of carbonyl (C=O) groups excluding carboxylic acids is 2. The SMILES string of the molecule is Cc1cc(=O)oc2cc(NC(=O)CN3CCC[C@@H]3C(N)=O)ccc12. The highest BCUT2D eigenvalue weighted by Crippen LogP contribution is 2.21. The first-order valence-corrected chi connectivity index (χ1v) is 7.82. The number of fused-ring (bicyclic) bond motifs is 1. The zero-order valence-electron chi connectivity index (χ0n) is 13.4. The minimum atomic E-state index is -0.426. The van der Waals surface area contributed by atoms with Gasteiger partial charge in [-0.05, 0) is 44.0 Å². The molecular weight excluding hydrogens is 310 g/mol. The van der Waals surface area contributed by atoms with E-state index < -0.39 is 11.5 Å². The van der Waals surface area contributed by atoms with Gasteiger partial charge in [0.05, 0.1) is 12.6 Å². The van der Waals surface area contributed by atoms with E-state index in [0.29, 0.717) is 24.2 Å². The smallest absolute Gasteiger partial charge is 0.336 e. The van der Waals surface area contributed by atoms with Crippen LogP contribution in [0.5, 0.6) is 0 Å². The largest absolute Gasteiger partial charge is 0.423 e. The first-order chi connectivity index (χ1) is 11.4. The van der Waals surface area contributed by atoms with Crippen LogP contribution in [0.4, 0.5) is 5.69 Å². The molecule has 1 fully saturated rings. The Labute approximate surface area is 138 Å². The molecule has 0 spiro atoms. The Morgan fingerprint density at radius 2 is 2.17 bits per heavy atom. The van der Waals surface area contributed by atoms with Crippen LogP contribution in [-0.4, -0.2) is 35.8 Å². The van der Waals surface area contributed by atoms with Crippen LogP contribution in [0.15, 0.2) is 33.5 Å². The highest BCUT2D eigenvalue weighted by molar-refractivity contribution is 5.95. The molecule has 3 N–H and O–H groups in total. The van der Waals surface area contributed by atoms with Crippen molar-refractivity contribution in [2.24, 2.45) is 5.73 Å². The lowest BCUT2D eigenvalue weighted by Crippen LogP contribution is -2.43. The summed E-state index contributed by atoms with van der Waals surface area (Å²) < 4.78 is 5.17. The lowest BCUT2D eigenvalue weighted by molar-refractivity contribution is -0.123. The second-order valence-corrected chi connectivity index (χ2v) is 6.04. The number of carbonyl (C=O) groups is 2. The van der Waals surface area contributed by atoms with Gasteiger partial charge in [0.15, 0.2) is 0 Å². The molecule has 3 rings (SSSR count). The summed E-state index contributed by atoms with van der Waals surface area (Å²) in [5.74, 6) is -0.638. The van der Waals surface area contributed by atoms with Crippen LogP contribution in [0.2, 0.25) is 0 Å². The highest BCUT2D eigenvalue weighted by atomic mass is 16.4. The van der Waals surface area contributed by atoms with E-state index in [-0.39, 0.29) is 18.5 Å². The molecule has 0 bridgehead atoms. The van der Waals surface area contributed by atoms with Crippen LogP contribution in [0.3, 0.4) is 0 Å². The number of anilines is 1. The van der Waals surface area contributed by atoms with Crippen molar-refractivity contribution in [2.75, 3.05) is 18.4 Å². The maximum absolute atomic E-state index is 12.2. The van der Waals surface area contributed by atoms with E-state index in [2.05, 4.69) is 5.32 Å². The van der Waals surface area contributed by atoms with Crippen molar-refractivity contribution in [3.63, 3.8) is 0 Å². The molecule has 7 nitrogen and oxygen atoms in total. The summed E-state index contributed by atoms with van der Waals surface area (Å²) in [6.07, 6.45) is 1.53. The van der Waals surface area contributed by atoms with Gasteiger partial charge in [-0.2, -0.15) is 0 Å². The number of primary amides is 1. The fourth-order valence-corrected chi connectivity index (χ4v) is 3.13. The number of nitrogens with two attached hydrogens (primary N) is 1. The van der Waals surface area contributed by atoms with Crippen molar-refractivity contribution in [1.29, 1.82) is 0 Å². The maximum atomic E-state index is 12.2. The molecule has 1 aliphatic heterocycles. The number of likely N-dealkylation sites (tertiary alicyclic amines) is 1. The van der Waals surface area contributed by atoms with Gasteiger partial charge in [0.2, 0.25) is 11.8 Å². The molecule has 0 unspecified atom stereocenters. The summed E-state index contributed by atoms with van der Waals surface area (Å²) >= 11 is 0. The van der Waals surface area contributed by atoms with Crippen molar-refractivity contribution >= 4 is 28.5 Å². The molecule has 1 saturated heterocycles. The Bertz CT molecular complexity index is 859. The zero-order valence-corrected chi connectivity index (χ0v) is 13.4. The Morgan fingerprint density at radius 3 is 2.92 bits per heavy atom. The molecule has 1 atom stereocenters. The predicted octanol–water partition coefficient (Wildman–Crippen LogP) is 0.990. The average molecular weight is 329 g/mol. The normalized spacial score (nSPS) is 18.0. The number of rotatable bonds is 4. The highest BCUT2D eigenvalue weighted by Gasteiger charge is 2.30. The van der Waals surface area contributed by atoms with E-state index >= 15 is 0 Å². The summed E-state index contributed by atoms with van der Waals surface area (Å²) in [6.45, 7) is 2.60. The van der Waals surface area contributed by atoms with E-state index in [9.17, 15) is 14.4 Å². The van der Waals surface area contributed by atoms with Gasteiger partial charge in [-0.1, -0.05) is 0 Å². The van der Waals surface area contributed by atoms with Gasteiger partial charge in [-0.25, -0.2) is 4.79 Å². The zero-order chi connectivity index (χ0) is 17.3. The van der Waals surface area contributed by atoms with Crippen LogP contribution in [0.1, 0.15) is 18.4 Å². The van der Waals surface area contributed by atoms with Gasteiger partial charge in [-0.15, -0.1) is 0 Å². The van der Waals surface area contributed by atoms with E-state index in [4.69, 9.17) is 10.2 Å². The number of amides is 2. The summed E-state index contributed by atoms with van der Waals surface area (Å²) in [7, 11) is 0. The van der Waals surface area contributed by atoms with Gasteiger partial charge in [-0.3, -0.25) is 14.5 Å². The van der Waals surface area contributed by atoms with Crippen molar-refractivity contribution in [3.8, 4) is 0 Å². The molecule has 2 aromatic rings. The van der Waals surface area contributed by atoms with Gasteiger partial charge >= 0.3 is 5.63 Å². The summed E-state index contributed by atoms with van der Waals surface area (Å²) in [4.78, 5) is 36.8. The standard InChI is InChI=1S/C17H19N3O4/c1-10-7-16(22)24-14-8-11(4-5-12(10)14)19-15(21)9-20-6-2-3-13(20)17(18)23/h4-5,7-8,13H,2-3,6,9H2,1H3,(H2,18,23)(H,19,21)/t13-/m1/s1. The monoisotopic (exact) mass is 329 g/mol. The minimum Gasteiger partial charge on any atom is -0.423 e. The van der Waals surface area contributed by atoms with E-state index in [1.54, 1.807) is 23.1 Å². The van der Waals surface area contributed by atoms with E-state index in [0.717, 1.165) is 17.4 Å². The van der Waals surface area contributed by atoms with Gasteiger partial charge in [0.1, 0.15) is 5.58 Å². The lowest BCUT2D eigenvalue weighted by Gasteiger charge is -2.21. The molecule has 0 radical (unpaired) electrons. The quantitative estimate of drug-likeness (QED) is 0.814. The molecule has 0 aliphatic carbocycles. The van der Waals surface area contributed by atoms with Crippen molar-refractivity contribution < 1.29 is 14.0 Å². The molecule has 2 heterocycles. The third-order valence-electron chi connectivity index (χ3n) is 4.27. The molecule has 0 saturated carbocycles. The average Bonchev–Trinajstić information content (AvgIpc) is 2.94. The summed E-state index contributed by atoms with van der Waals surface area (Å²) in [5.41, 5.74) is 6.71. The molecule has 1 aromatic carbocycles. The van der Waals surface area contributed by atoms with Crippen LogP contribution in [-0.2, 0) is 9.59 Å². The first kappa shape index (κ1) is 16.2. The molecule has 24 heavy (non-hydrogen) atoms. The predicted molar refractivity (Wildman–Crippen MR) is 89.6 cm³/mol. The van der Waals surface area contributed by atoms with Crippen molar-refractivity contribution in [2.45, 2.75) is 25.8 Å². The van der Waals surface area contributed by atoms with Crippen LogP contribution < -0.4 is 16.7 Å². The fraction of sp³-hybridized carbons (Fsp3) is 0.353. The number of hydrogen-bond donors (Lipinski definition) is 2. The Hall–Kier alpha value is -2.67. The minimum absolute atomic E-state index is 0.101. The maximum Gasteiger partial charge on any atom is 0.336 e. The number of benzene rings is 1. The Balaban J connectivity index is 1.74. The Morgan fingerprint density at radius 1 is 1.38 bits per heavy atom. The molecule has 1 aromatic heterocycles. The molecule has 1 aliphatic rings. The molecule has 2 amide bonds. The Kier molecular flexibility index (Phi) is 4.35. The number of nitrogens with one attached hydrogen (secondary N) is 1. The lowest BCUT2D eigenvalue weighted by atomic mass is 10.1. The van der Waals surface area contributed by atoms with Gasteiger partial charge in [0, 0.05) is 23.2 Å². The second-order valence-electron chi connectivity index (χ2n) is 6.04. The molecule has 126 valence electrons.